The molecule has 2 aromatic heterocycles. The fourth-order valence-electron chi connectivity index (χ4n) is 2.83. The van der Waals surface area contributed by atoms with Crippen molar-refractivity contribution in [3.8, 4) is 22.8 Å². The molecule has 0 radical (unpaired) electrons. The van der Waals surface area contributed by atoms with Crippen LogP contribution in [0.3, 0.4) is 0 Å². The second kappa shape index (κ2) is 6.41. The SMILES string of the molecule is COc1ccccc1-c1ccc2nc(-n3cc(C(=O)O)cn3)[nH]c(=O)c2c1. The Morgan fingerprint density at radius 3 is 2.78 bits per heavy atom. The molecule has 2 aromatic carbocycles. The minimum atomic E-state index is -1.11. The number of aromatic nitrogens is 4. The molecule has 0 atom stereocenters. The number of rotatable bonds is 4. The highest BCUT2D eigenvalue weighted by Crippen LogP contribution is 2.30. The summed E-state index contributed by atoms with van der Waals surface area (Å²) in [5.41, 5.74) is 1.82. The zero-order valence-corrected chi connectivity index (χ0v) is 14.2. The quantitative estimate of drug-likeness (QED) is 0.577. The normalized spacial score (nSPS) is 10.9. The second-order valence-electron chi connectivity index (χ2n) is 5.80. The van der Waals surface area contributed by atoms with Gasteiger partial charge in [-0.3, -0.25) is 9.78 Å². The Balaban J connectivity index is 1.83. The van der Waals surface area contributed by atoms with Crippen LogP contribution in [-0.4, -0.2) is 37.9 Å². The molecule has 0 saturated carbocycles. The maximum atomic E-state index is 12.6. The van der Waals surface area contributed by atoms with Crippen LogP contribution in [0.1, 0.15) is 10.4 Å². The van der Waals surface area contributed by atoms with Crippen molar-refractivity contribution in [3.05, 3.63) is 70.8 Å². The molecule has 27 heavy (non-hydrogen) atoms. The molecule has 134 valence electrons. The Hall–Kier alpha value is -3.94. The van der Waals surface area contributed by atoms with Crippen LogP contribution >= 0.6 is 0 Å². The standard InChI is InChI=1S/C19H14N4O4/c1-27-16-5-3-2-4-13(16)11-6-7-15-14(8-11)17(24)22-19(21-15)23-10-12(9-20-23)18(25)26/h2-10H,1H3,(H,25,26)(H,21,22,24). The van der Waals surface area contributed by atoms with E-state index in [-0.39, 0.29) is 17.1 Å². The Labute approximate surface area is 152 Å². The van der Waals surface area contributed by atoms with Gasteiger partial charge in [0.15, 0.2) is 0 Å². The molecule has 0 saturated heterocycles. The lowest BCUT2D eigenvalue weighted by Crippen LogP contribution is -2.14. The van der Waals surface area contributed by atoms with Crippen LogP contribution in [-0.2, 0) is 0 Å². The number of fused-ring (bicyclic) bond motifs is 1. The van der Waals surface area contributed by atoms with E-state index in [1.54, 1.807) is 19.2 Å². The van der Waals surface area contributed by atoms with Gasteiger partial charge in [-0.1, -0.05) is 24.3 Å². The van der Waals surface area contributed by atoms with E-state index in [1.165, 1.54) is 17.1 Å². The fraction of sp³-hybridized carbons (Fsp3) is 0.0526. The van der Waals surface area contributed by atoms with E-state index in [9.17, 15) is 9.59 Å². The van der Waals surface area contributed by atoms with Crippen molar-refractivity contribution in [1.29, 1.82) is 0 Å². The van der Waals surface area contributed by atoms with Crippen LogP contribution < -0.4 is 10.3 Å². The summed E-state index contributed by atoms with van der Waals surface area (Å²) in [4.78, 5) is 30.6. The van der Waals surface area contributed by atoms with Crippen molar-refractivity contribution < 1.29 is 14.6 Å². The molecular formula is C19H14N4O4. The smallest absolute Gasteiger partial charge is 0.338 e. The summed E-state index contributed by atoms with van der Waals surface area (Å²) in [7, 11) is 1.59. The number of H-pyrrole nitrogens is 1. The molecule has 0 unspecified atom stereocenters. The fourth-order valence-corrected chi connectivity index (χ4v) is 2.83. The molecule has 8 heteroatoms. The van der Waals surface area contributed by atoms with Gasteiger partial charge in [0.2, 0.25) is 5.95 Å². The number of benzene rings is 2. The molecule has 2 N–H and O–H groups in total. The summed E-state index contributed by atoms with van der Waals surface area (Å²) in [5.74, 6) is -0.258. The van der Waals surface area contributed by atoms with Crippen molar-refractivity contribution >= 4 is 16.9 Å². The molecule has 0 aliphatic heterocycles. The van der Waals surface area contributed by atoms with Gasteiger partial charge in [0.1, 0.15) is 5.75 Å². The van der Waals surface area contributed by atoms with Crippen LogP contribution in [0.2, 0.25) is 0 Å². The van der Waals surface area contributed by atoms with E-state index in [2.05, 4.69) is 15.1 Å². The van der Waals surface area contributed by atoms with Gasteiger partial charge in [-0.05, 0) is 23.8 Å². The summed E-state index contributed by atoms with van der Waals surface area (Å²) < 4.78 is 6.60. The first kappa shape index (κ1) is 16.5. The zero-order chi connectivity index (χ0) is 19.0. The van der Waals surface area contributed by atoms with Crippen molar-refractivity contribution in [2.24, 2.45) is 0 Å². The average molecular weight is 362 g/mol. The minimum absolute atomic E-state index is 0.00395. The van der Waals surface area contributed by atoms with Crippen LogP contribution in [0, 0.1) is 0 Å². The lowest BCUT2D eigenvalue weighted by Gasteiger charge is -2.09. The minimum Gasteiger partial charge on any atom is -0.496 e. The number of para-hydroxylation sites is 1. The first-order valence-corrected chi connectivity index (χ1v) is 8.02. The maximum absolute atomic E-state index is 12.6. The van der Waals surface area contributed by atoms with Gasteiger partial charge in [0.05, 0.1) is 29.8 Å². The summed E-state index contributed by atoms with van der Waals surface area (Å²) in [6, 6.07) is 12.9. The second-order valence-corrected chi connectivity index (χ2v) is 5.80. The number of carboxylic acids is 1. The van der Waals surface area contributed by atoms with E-state index in [0.29, 0.717) is 16.7 Å². The number of nitrogens with zero attached hydrogens (tertiary/aromatic N) is 3. The molecule has 0 bridgehead atoms. The third-order valence-electron chi connectivity index (χ3n) is 4.16. The molecule has 2 heterocycles. The highest BCUT2D eigenvalue weighted by molar-refractivity contribution is 5.87. The lowest BCUT2D eigenvalue weighted by molar-refractivity contribution is 0.0697. The molecule has 4 rings (SSSR count). The third kappa shape index (κ3) is 2.93. The molecule has 4 aromatic rings. The topological polar surface area (TPSA) is 110 Å². The number of methoxy groups -OCH3 is 1. The third-order valence-corrected chi connectivity index (χ3v) is 4.16. The first-order chi connectivity index (χ1) is 13.1. The summed E-state index contributed by atoms with van der Waals surface area (Å²) in [5, 5.41) is 13.3. The van der Waals surface area contributed by atoms with Crippen LogP contribution in [0.5, 0.6) is 5.75 Å². The number of hydrogen-bond donors (Lipinski definition) is 2. The maximum Gasteiger partial charge on any atom is 0.338 e. The molecule has 8 nitrogen and oxygen atoms in total. The molecule has 0 spiro atoms. The summed E-state index contributed by atoms with van der Waals surface area (Å²) >= 11 is 0. The number of ether oxygens (including phenoxy) is 1. The van der Waals surface area contributed by atoms with Gasteiger partial charge < -0.3 is 9.84 Å². The Morgan fingerprint density at radius 1 is 1.22 bits per heavy atom. The summed E-state index contributed by atoms with van der Waals surface area (Å²) in [6.45, 7) is 0. The number of aromatic carboxylic acids is 1. The van der Waals surface area contributed by atoms with Crippen molar-refractivity contribution in [3.63, 3.8) is 0 Å². The first-order valence-electron chi connectivity index (χ1n) is 8.02. The van der Waals surface area contributed by atoms with Crippen LogP contribution in [0.25, 0.3) is 28.0 Å². The van der Waals surface area contributed by atoms with Gasteiger partial charge in [-0.2, -0.15) is 5.10 Å². The van der Waals surface area contributed by atoms with Gasteiger partial charge in [-0.25, -0.2) is 14.5 Å². The van der Waals surface area contributed by atoms with Crippen molar-refractivity contribution in [2.45, 2.75) is 0 Å². The number of nitrogens with one attached hydrogen (secondary N) is 1. The van der Waals surface area contributed by atoms with Gasteiger partial charge in [0.25, 0.3) is 5.56 Å². The summed E-state index contributed by atoms with van der Waals surface area (Å²) in [6.07, 6.45) is 2.48. The number of carbonyl (C=O) groups is 1. The van der Waals surface area contributed by atoms with Gasteiger partial charge in [-0.15, -0.1) is 0 Å². The molecule has 0 fully saturated rings. The van der Waals surface area contributed by atoms with E-state index < -0.39 is 5.97 Å². The molecular weight excluding hydrogens is 348 g/mol. The number of carboxylic acid groups (broad SMARTS) is 1. The Kier molecular flexibility index (Phi) is 3.92. The Bertz CT molecular complexity index is 1230. The molecule has 0 amide bonds. The van der Waals surface area contributed by atoms with Crippen LogP contribution in [0.4, 0.5) is 0 Å². The predicted molar refractivity (Wildman–Crippen MR) is 98.4 cm³/mol. The Morgan fingerprint density at radius 2 is 2.04 bits per heavy atom. The highest BCUT2D eigenvalue weighted by Gasteiger charge is 2.12. The van der Waals surface area contributed by atoms with E-state index in [4.69, 9.17) is 9.84 Å². The van der Waals surface area contributed by atoms with Crippen LogP contribution in [0.15, 0.2) is 59.7 Å². The largest absolute Gasteiger partial charge is 0.496 e. The number of aromatic amines is 1. The highest BCUT2D eigenvalue weighted by atomic mass is 16.5. The molecule has 0 aliphatic rings. The predicted octanol–water partition coefficient (Wildman–Crippen LogP) is 2.48. The average Bonchev–Trinajstić information content (AvgIpc) is 3.18. The lowest BCUT2D eigenvalue weighted by atomic mass is 10.0. The number of hydrogen-bond acceptors (Lipinski definition) is 5. The zero-order valence-electron chi connectivity index (χ0n) is 14.2. The van der Waals surface area contributed by atoms with Crippen molar-refractivity contribution in [1.82, 2.24) is 19.7 Å². The molecule has 0 aliphatic carbocycles. The van der Waals surface area contributed by atoms with Gasteiger partial charge >= 0.3 is 5.97 Å². The van der Waals surface area contributed by atoms with Crippen molar-refractivity contribution in [2.75, 3.05) is 7.11 Å². The monoisotopic (exact) mass is 362 g/mol. The van der Waals surface area contributed by atoms with E-state index in [0.717, 1.165) is 11.1 Å². The van der Waals surface area contributed by atoms with E-state index in [1.807, 2.05) is 30.3 Å². The van der Waals surface area contributed by atoms with E-state index >= 15 is 0 Å². The van der Waals surface area contributed by atoms with Gasteiger partial charge in [0, 0.05) is 11.8 Å².